The molecule has 2 aliphatic heterocycles. The minimum atomic E-state index is 0.0923. The second kappa shape index (κ2) is 8.60. The Morgan fingerprint density at radius 3 is 2.50 bits per heavy atom. The standard InChI is InChI=1S/C22H26ClN3O2/c23-20-3-1-19(2-4-20)21(27)26-11-7-22(8-12-26)16-25(13-14-28-17-22)15-18-5-9-24-10-6-18/h1-6,9-10H,7-8,11-17H2. The van der Waals surface area contributed by atoms with Gasteiger partial charge in [-0.15, -0.1) is 0 Å². The van der Waals surface area contributed by atoms with Crippen LogP contribution in [0.25, 0.3) is 0 Å². The first-order chi connectivity index (χ1) is 13.6. The number of aromatic nitrogens is 1. The van der Waals surface area contributed by atoms with Crippen molar-refractivity contribution in [1.82, 2.24) is 14.8 Å². The van der Waals surface area contributed by atoms with Crippen molar-refractivity contribution in [1.29, 1.82) is 0 Å². The lowest BCUT2D eigenvalue weighted by molar-refractivity contribution is 0.0145. The van der Waals surface area contributed by atoms with Gasteiger partial charge in [-0.05, 0) is 54.8 Å². The molecule has 0 bridgehead atoms. The maximum Gasteiger partial charge on any atom is 0.253 e. The Balaban J connectivity index is 1.39. The Bertz CT molecular complexity index is 789. The van der Waals surface area contributed by atoms with Crippen LogP contribution in [0.3, 0.4) is 0 Å². The molecule has 0 saturated carbocycles. The van der Waals surface area contributed by atoms with Crippen molar-refractivity contribution in [3.63, 3.8) is 0 Å². The predicted octanol–water partition coefficient (Wildman–Crippen LogP) is 3.49. The van der Waals surface area contributed by atoms with Gasteiger partial charge in [-0.3, -0.25) is 14.7 Å². The summed E-state index contributed by atoms with van der Waals surface area (Å²) in [6, 6.07) is 11.3. The zero-order valence-corrected chi connectivity index (χ0v) is 16.8. The number of rotatable bonds is 3. The first kappa shape index (κ1) is 19.4. The van der Waals surface area contributed by atoms with E-state index in [2.05, 4.69) is 22.0 Å². The van der Waals surface area contributed by atoms with E-state index in [9.17, 15) is 4.79 Å². The summed E-state index contributed by atoms with van der Waals surface area (Å²) < 4.78 is 5.98. The Morgan fingerprint density at radius 2 is 1.79 bits per heavy atom. The molecule has 28 heavy (non-hydrogen) atoms. The predicted molar refractivity (Wildman–Crippen MR) is 109 cm³/mol. The van der Waals surface area contributed by atoms with Crippen LogP contribution in [0.1, 0.15) is 28.8 Å². The van der Waals surface area contributed by atoms with Gasteiger partial charge >= 0.3 is 0 Å². The number of ether oxygens (including phenoxy) is 1. The molecule has 0 N–H and O–H groups in total. The highest BCUT2D eigenvalue weighted by molar-refractivity contribution is 6.30. The Morgan fingerprint density at radius 1 is 1.07 bits per heavy atom. The van der Waals surface area contributed by atoms with Crippen molar-refractivity contribution >= 4 is 17.5 Å². The molecule has 0 radical (unpaired) electrons. The van der Waals surface area contributed by atoms with Gasteiger partial charge in [-0.2, -0.15) is 0 Å². The molecular formula is C22H26ClN3O2. The first-order valence-corrected chi connectivity index (χ1v) is 10.3. The van der Waals surface area contributed by atoms with Gasteiger partial charge in [0.05, 0.1) is 13.2 Å². The maximum absolute atomic E-state index is 12.8. The fourth-order valence-corrected chi connectivity index (χ4v) is 4.35. The molecule has 2 aliphatic rings. The summed E-state index contributed by atoms with van der Waals surface area (Å²) in [5.74, 6) is 0.0923. The highest BCUT2D eigenvalue weighted by Gasteiger charge is 2.39. The quantitative estimate of drug-likeness (QED) is 0.792. The SMILES string of the molecule is O=C(c1ccc(Cl)cc1)N1CCC2(CC1)COCCN(Cc1ccncc1)C2. The smallest absolute Gasteiger partial charge is 0.253 e. The molecular weight excluding hydrogens is 374 g/mol. The van der Waals surface area contributed by atoms with Gasteiger partial charge in [0.1, 0.15) is 0 Å². The third-order valence-corrected chi connectivity index (χ3v) is 6.13. The third-order valence-electron chi connectivity index (χ3n) is 5.88. The zero-order valence-electron chi connectivity index (χ0n) is 16.0. The topological polar surface area (TPSA) is 45.7 Å². The number of likely N-dealkylation sites (tertiary alicyclic amines) is 1. The second-order valence-electron chi connectivity index (χ2n) is 7.92. The second-order valence-corrected chi connectivity index (χ2v) is 8.35. The van der Waals surface area contributed by atoms with Crippen molar-refractivity contribution < 1.29 is 9.53 Å². The summed E-state index contributed by atoms with van der Waals surface area (Å²) in [5.41, 5.74) is 2.11. The van der Waals surface area contributed by atoms with Gasteiger partial charge in [0.25, 0.3) is 5.91 Å². The molecule has 1 aromatic heterocycles. The molecule has 1 spiro atoms. The van der Waals surface area contributed by atoms with Crippen molar-refractivity contribution in [2.75, 3.05) is 39.4 Å². The van der Waals surface area contributed by atoms with Crippen LogP contribution < -0.4 is 0 Å². The maximum atomic E-state index is 12.8. The molecule has 0 unspecified atom stereocenters. The van der Waals surface area contributed by atoms with Crippen LogP contribution in [0.15, 0.2) is 48.8 Å². The van der Waals surface area contributed by atoms with Gasteiger partial charge in [-0.25, -0.2) is 0 Å². The van der Waals surface area contributed by atoms with Gasteiger partial charge in [-0.1, -0.05) is 11.6 Å². The summed E-state index contributed by atoms with van der Waals surface area (Å²) in [5, 5.41) is 0.652. The van der Waals surface area contributed by atoms with Crippen LogP contribution in [-0.4, -0.2) is 60.1 Å². The summed E-state index contributed by atoms with van der Waals surface area (Å²) in [6.45, 7) is 5.96. The van der Waals surface area contributed by atoms with Gasteiger partial charge in [0, 0.05) is 61.1 Å². The molecule has 3 heterocycles. The highest BCUT2D eigenvalue weighted by Crippen LogP contribution is 2.35. The van der Waals surface area contributed by atoms with Crippen LogP contribution >= 0.6 is 11.6 Å². The molecule has 1 aromatic carbocycles. The van der Waals surface area contributed by atoms with Gasteiger partial charge in [0.2, 0.25) is 0 Å². The number of amides is 1. The molecule has 1 amide bonds. The molecule has 0 aliphatic carbocycles. The van der Waals surface area contributed by atoms with Gasteiger partial charge in [0.15, 0.2) is 0 Å². The summed E-state index contributed by atoms with van der Waals surface area (Å²) in [6.07, 6.45) is 5.64. The summed E-state index contributed by atoms with van der Waals surface area (Å²) in [7, 11) is 0. The number of piperidine rings is 1. The molecule has 6 heteroatoms. The molecule has 148 valence electrons. The average Bonchev–Trinajstić information content (AvgIpc) is 2.91. The largest absolute Gasteiger partial charge is 0.379 e. The van der Waals surface area contributed by atoms with E-state index in [0.29, 0.717) is 10.6 Å². The lowest BCUT2D eigenvalue weighted by Gasteiger charge is -2.42. The van der Waals surface area contributed by atoms with E-state index in [1.54, 1.807) is 24.3 Å². The first-order valence-electron chi connectivity index (χ1n) is 9.87. The van der Waals surface area contributed by atoms with E-state index in [1.807, 2.05) is 17.3 Å². The van der Waals surface area contributed by atoms with Crippen molar-refractivity contribution in [2.45, 2.75) is 19.4 Å². The molecule has 2 aromatic rings. The fraction of sp³-hybridized carbons (Fsp3) is 0.455. The normalized spacial score (nSPS) is 20.1. The number of hydrogen-bond donors (Lipinski definition) is 0. The molecule has 0 atom stereocenters. The molecule has 5 nitrogen and oxygen atoms in total. The zero-order chi connectivity index (χ0) is 19.4. The van der Waals surface area contributed by atoms with Crippen molar-refractivity contribution in [3.05, 3.63) is 64.9 Å². The lowest BCUT2D eigenvalue weighted by atomic mass is 9.78. The Labute approximate surface area is 171 Å². The fourth-order valence-electron chi connectivity index (χ4n) is 4.22. The van der Waals surface area contributed by atoms with Crippen LogP contribution in [0.5, 0.6) is 0 Å². The number of hydrogen-bond acceptors (Lipinski definition) is 4. The number of carbonyl (C=O) groups is 1. The van der Waals surface area contributed by atoms with E-state index < -0.39 is 0 Å². The van der Waals surface area contributed by atoms with Crippen LogP contribution in [-0.2, 0) is 11.3 Å². The highest BCUT2D eigenvalue weighted by atomic mass is 35.5. The Hall–Kier alpha value is -1.95. The molecule has 4 rings (SSSR count). The number of halogens is 1. The van der Waals surface area contributed by atoms with Crippen molar-refractivity contribution in [3.8, 4) is 0 Å². The van der Waals surface area contributed by atoms with Crippen molar-refractivity contribution in [2.24, 2.45) is 5.41 Å². The number of nitrogens with zero attached hydrogens (tertiary/aromatic N) is 3. The number of benzene rings is 1. The van der Waals surface area contributed by atoms with Crippen LogP contribution in [0.4, 0.5) is 0 Å². The summed E-state index contributed by atoms with van der Waals surface area (Å²) >= 11 is 5.94. The lowest BCUT2D eigenvalue weighted by Crippen LogP contribution is -2.48. The summed E-state index contributed by atoms with van der Waals surface area (Å²) in [4.78, 5) is 21.3. The molecule has 2 fully saturated rings. The van der Waals surface area contributed by atoms with Crippen LogP contribution in [0, 0.1) is 5.41 Å². The van der Waals surface area contributed by atoms with Crippen LogP contribution in [0.2, 0.25) is 5.02 Å². The van der Waals surface area contributed by atoms with E-state index >= 15 is 0 Å². The number of pyridine rings is 1. The Kier molecular flexibility index (Phi) is 5.95. The monoisotopic (exact) mass is 399 g/mol. The average molecular weight is 400 g/mol. The van der Waals surface area contributed by atoms with E-state index in [0.717, 1.165) is 58.8 Å². The third kappa shape index (κ3) is 4.54. The van der Waals surface area contributed by atoms with E-state index in [4.69, 9.17) is 16.3 Å². The minimum Gasteiger partial charge on any atom is -0.379 e. The van der Waals surface area contributed by atoms with E-state index in [1.165, 1.54) is 5.56 Å². The minimum absolute atomic E-state index is 0.0923. The van der Waals surface area contributed by atoms with Gasteiger partial charge < -0.3 is 9.64 Å². The molecule has 2 saturated heterocycles. The number of carbonyl (C=O) groups excluding carboxylic acids is 1. The van der Waals surface area contributed by atoms with E-state index in [-0.39, 0.29) is 11.3 Å².